The van der Waals surface area contributed by atoms with Crippen LogP contribution in [0.4, 0.5) is 0 Å². The first-order valence-electron chi connectivity index (χ1n) is 6.69. The Morgan fingerprint density at radius 3 is 2.50 bits per heavy atom. The molecule has 0 unspecified atom stereocenters. The summed E-state index contributed by atoms with van der Waals surface area (Å²) in [5.41, 5.74) is 0. The van der Waals surface area contributed by atoms with Crippen molar-refractivity contribution in [1.82, 2.24) is 14.7 Å². The molecule has 112 valence electrons. The fourth-order valence-electron chi connectivity index (χ4n) is 1.89. The number of nitriles is 1. The van der Waals surface area contributed by atoms with Crippen LogP contribution in [0.5, 0.6) is 0 Å². The largest absolute Gasteiger partial charge is 0.378 e. The molecule has 7 heteroatoms. The molecule has 0 radical (unpaired) electrons. The van der Waals surface area contributed by atoms with Gasteiger partial charge in [0.2, 0.25) is 11.8 Å². The number of likely N-dealkylation sites (N-methyl/N-ethyl adjacent to an activating group) is 2. The molecule has 1 aliphatic rings. The molecule has 1 saturated heterocycles. The van der Waals surface area contributed by atoms with Crippen LogP contribution in [0, 0.1) is 11.3 Å². The van der Waals surface area contributed by atoms with E-state index in [9.17, 15) is 9.59 Å². The van der Waals surface area contributed by atoms with Gasteiger partial charge in [-0.05, 0) is 7.05 Å². The first kappa shape index (κ1) is 16.4. The summed E-state index contributed by atoms with van der Waals surface area (Å²) in [5, 5.41) is 8.48. The predicted molar refractivity (Wildman–Crippen MR) is 72.8 cm³/mol. The lowest BCUT2D eigenvalue weighted by Gasteiger charge is -2.29. The van der Waals surface area contributed by atoms with Gasteiger partial charge in [-0.3, -0.25) is 14.5 Å². The average Bonchev–Trinajstić information content (AvgIpc) is 2.45. The molecule has 7 nitrogen and oxygen atoms in total. The van der Waals surface area contributed by atoms with Crippen molar-refractivity contribution < 1.29 is 14.3 Å². The molecule has 0 N–H and O–H groups in total. The zero-order valence-electron chi connectivity index (χ0n) is 12.2. The van der Waals surface area contributed by atoms with Gasteiger partial charge in [-0.1, -0.05) is 0 Å². The molecule has 0 aromatic carbocycles. The topological polar surface area (TPSA) is 76.9 Å². The Balaban J connectivity index is 2.31. The monoisotopic (exact) mass is 282 g/mol. The molecule has 1 fully saturated rings. The van der Waals surface area contributed by atoms with Gasteiger partial charge in [0.05, 0.1) is 38.8 Å². The van der Waals surface area contributed by atoms with E-state index in [1.165, 1.54) is 4.90 Å². The highest BCUT2D eigenvalue weighted by Gasteiger charge is 2.19. The Morgan fingerprint density at radius 2 is 1.90 bits per heavy atom. The van der Waals surface area contributed by atoms with Crippen LogP contribution in [0.15, 0.2) is 0 Å². The van der Waals surface area contributed by atoms with Crippen molar-refractivity contribution >= 4 is 11.8 Å². The number of carbonyl (C=O) groups is 2. The smallest absolute Gasteiger partial charge is 0.236 e. The molecule has 0 atom stereocenters. The van der Waals surface area contributed by atoms with E-state index in [4.69, 9.17) is 10.00 Å². The Kier molecular flexibility index (Phi) is 6.98. The zero-order valence-corrected chi connectivity index (χ0v) is 12.2. The fourth-order valence-corrected chi connectivity index (χ4v) is 1.89. The summed E-state index contributed by atoms with van der Waals surface area (Å²) in [5.74, 6) is -0.0687. The first-order chi connectivity index (χ1) is 9.54. The molecule has 0 bridgehead atoms. The van der Waals surface area contributed by atoms with Crippen molar-refractivity contribution in [3.8, 4) is 6.07 Å². The lowest BCUT2D eigenvalue weighted by molar-refractivity contribution is -0.137. The Bertz CT molecular complexity index is 374. The van der Waals surface area contributed by atoms with E-state index >= 15 is 0 Å². The lowest BCUT2D eigenvalue weighted by Crippen LogP contribution is -2.46. The number of carbonyl (C=O) groups excluding carboxylic acids is 2. The molecule has 0 saturated carbocycles. The van der Waals surface area contributed by atoms with Gasteiger partial charge in [-0.2, -0.15) is 5.26 Å². The van der Waals surface area contributed by atoms with Crippen molar-refractivity contribution in [3.05, 3.63) is 0 Å². The maximum Gasteiger partial charge on any atom is 0.236 e. The number of hydrogen-bond acceptors (Lipinski definition) is 5. The van der Waals surface area contributed by atoms with Gasteiger partial charge in [-0.15, -0.1) is 0 Å². The molecule has 0 aromatic heterocycles. The normalized spacial score (nSPS) is 15.0. The van der Waals surface area contributed by atoms with Crippen LogP contribution in [-0.4, -0.2) is 86.5 Å². The molecule has 1 rings (SSSR count). The molecule has 1 aliphatic heterocycles. The van der Waals surface area contributed by atoms with Crippen molar-refractivity contribution in [2.45, 2.75) is 6.42 Å². The van der Waals surface area contributed by atoms with Gasteiger partial charge in [0.1, 0.15) is 0 Å². The van der Waals surface area contributed by atoms with E-state index in [2.05, 4.69) is 0 Å². The van der Waals surface area contributed by atoms with E-state index in [1.807, 2.05) is 6.07 Å². The molecule has 0 spiro atoms. The number of nitrogens with zero attached hydrogens (tertiary/aromatic N) is 4. The molecule has 0 aromatic rings. The van der Waals surface area contributed by atoms with Gasteiger partial charge in [0, 0.05) is 26.7 Å². The minimum Gasteiger partial charge on any atom is -0.378 e. The lowest BCUT2D eigenvalue weighted by atomic mass is 10.3. The van der Waals surface area contributed by atoms with Crippen LogP contribution in [0.25, 0.3) is 0 Å². The third-order valence-electron chi connectivity index (χ3n) is 3.16. The summed E-state index contributed by atoms with van der Waals surface area (Å²) in [4.78, 5) is 28.8. The summed E-state index contributed by atoms with van der Waals surface area (Å²) >= 11 is 0. The van der Waals surface area contributed by atoms with E-state index in [1.54, 1.807) is 23.9 Å². The number of hydrogen-bond donors (Lipinski definition) is 0. The molecule has 0 aliphatic carbocycles. The highest BCUT2D eigenvalue weighted by molar-refractivity contribution is 5.81. The van der Waals surface area contributed by atoms with Crippen molar-refractivity contribution in [1.29, 1.82) is 5.26 Å². The molecule has 1 heterocycles. The van der Waals surface area contributed by atoms with E-state index in [0.717, 1.165) is 0 Å². The van der Waals surface area contributed by atoms with Gasteiger partial charge in [-0.25, -0.2) is 0 Å². The van der Waals surface area contributed by atoms with Crippen LogP contribution in [0.3, 0.4) is 0 Å². The Hall–Kier alpha value is -1.65. The van der Waals surface area contributed by atoms with Gasteiger partial charge < -0.3 is 14.5 Å². The summed E-state index contributed by atoms with van der Waals surface area (Å²) in [6.45, 7) is 3.19. The van der Waals surface area contributed by atoms with Crippen LogP contribution < -0.4 is 0 Å². The number of ether oxygens (including phenoxy) is 1. The minimum absolute atomic E-state index is 0.0169. The van der Waals surface area contributed by atoms with E-state index in [0.29, 0.717) is 39.3 Å². The van der Waals surface area contributed by atoms with Crippen molar-refractivity contribution in [2.75, 3.05) is 60.0 Å². The third kappa shape index (κ3) is 5.55. The minimum atomic E-state index is -0.0856. The van der Waals surface area contributed by atoms with Gasteiger partial charge >= 0.3 is 0 Å². The summed E-state index contributed by atoms with van der Waals surface area (Å²) in [7, 11) is 3.41. The zero-order chi connectivity index (χ0) is 15.0. The van der Waals surface area contributed by atoms with E-state index < -0.39 is 0 Å². The summed E-state index contributed by atoms with van der Waals surface area (Å²) < 4.78 is 5.19. The fraction of sp³-hybridized carbons (Fsp3) is 0.769. The SMILES string of the molecule is CN(CC(=O)N(C)CCC#N)CC(=O)N1CCOCC1. The number of morpholine rings is 1. The maximum absolute atomic E-state index is 12.0. The van der Waals surface area contributed by atoms with E-state index in [-0.39, 0.29) is 24.9 Å². The Morgan fingerprint density at radius 1 is 1.25 bits per heavy atom. The standard InChI is InChI=1S/C13H22N4O3/c1-15(10-12(18)16(2)5-3-4-14)11-13(19)17-6-8-20-9-7-17/h3,5-11H2,1-2H3. The quantitative estimate of drug-likeness (QED) is 0.634. The number of rotatable bonds is 6. The van der Waals surface area contributed by atoms with Crippen molar-refractivity contribution in [3.63, 3.8) is 0 Å². The van der Waals surface area contributed by atoms with Crippen LogP contribution in [0.2, 0.25) is 0 Å². The third-order valence-corrected chi connectivity index (χ3v) is 3.16. The van der Waals surface area contributed by atoms with Gasteiger partial charge in [0.25, 0.3) is 0 Å². The second kappa shape index (κ2) is 8.51. The molecular formula is C13H22N4O3. The second-order valence-electron chi connectivity index (χ2n) is 4.89. The van der Waals surface area contributed by atoms with Crippen molar-refractivity contribution in [2.24, 2.45) is 0 Å². The summed E-state index contributed by atoms with van der Waals surface area (Å²) in [6.07, 6.45) is 0.318. The first-order valence-corrected chi connectivity index (χ1v) is 6.69. The highest BCUT2D eigenvalue weighted by Crippen LogP contribution is 1.99. The second-order valence-corrected chi connectivity index (χ2v) is 4.89. The van der Waals surface area contributed by atoms with Crippen LogP contribution >= 0.6 is 0 Å². The Labute approximate surface area is 119 Å². The predicted octanol–water partition coefficient (Wildman–Crippen LogP) is -0.851. The highest BCUT2D eigenvalue weighted by atomic mass is 16.5. The maximum atomic E-state index is 12.0. The molecule has 20 heavy (non-hydrogen) atoms. The molecular weight excluding hydrogens is 260 g/mol. The van der Waals surface area contributed by atoms with Crippen LogP contribution in [0.1, 0.15) is 6.42 Å². The molecule has 2 amide bonds. The average molecular weight is 282 g/mol. The number of amides is 2. The summed E-state index contributed by atoms with van der Waals surface area (Å²) in [6, 6.07) is 2.00. The van der Waals surface area contributed by atoms with Crippen LogP contribution in [-0.2, 0) is 14.3 Å². The van der Waals surface area contributed by atoms with Gasteiger partial charge in [0.15, 0.2) is 0 Å².